The first-order chi connectivity index (χ1) is 7.65. The number of likely N-dealkylation sites (tertiary alicyclic amines) is 1. The normalized spacial score (nSPS) is 20.9. The number of aliphatic hydroxyl groups is 1. The van der Waals surface area contributed by atoms with Crippen molar-refractivity contribution in [1.29, 1.82) is 0 Å². The molecule has 2 rings (SSSR count). The predicted octanol–water partition coefficient (Wildman–Crippen LogP) is 1.65. The van der Waals surface area contributed by atoms with Gasteiger partial charge in [-0.15, -0.1) is 0 Å². The van der Waals surface area contributed by atoms with Crippen molar-refractivity contribution in [1.82, 2.24) is 4.90 Å². The summed E-state index contributed by atoms with van der Waals surface area (Å²) in [5.74, 6) is 0.532. The SMILES string of the molecule is O=C(C=Cc1ccc(Br)o1)N1CC[C@H](O)C1. The smallest absolute Gasteiger partial charge is 0.246 e. The molecular formula is C11H12BrNO3. The van der Waals surface area contributed by atoms with Gasteiger partial charge >= 0.3 is 0 Å². The van der Waals surface area contributed by atoms with E-state index in [0.29, 0.717) is 29.9 Å². The summed E-state index contributed by atoms with van der Waals surface area (Å²) in [5, 5.41) is 9.29. The van der Waals surface area contributed by atoms with Gasteiger partial charge in [-0.1, -0.05) is 0 Å². The van der Waals surface area contributed by atoms with E-state index >= 15 is 0 Å². The Morgan fingerprint density at radius 3 is 3.00 bits per heavy atom. The molecule has 1 aromatic heterocycles. The Kier molecular flexibility index (Phi) is 3.46. The molecule has 0 aliphatic carbocycles. The van der Waals surface area contributed by atoms with E-state index in [4.69, 9.17) is 4.42 Å². The van der Waals surface area contributed by atoms with Crippen molar-refractivity contribution in [3.05, 3.63) is 28.6 Å². The fourth-order valence-corrected chi connectivity index (χ4v) is 1.94. The summed E-state index contributed by atoms with van der Waals surface area (Å²) < 4.78 is 5.86. The highest BCUT2D eigenvalue weighted by atomic mass is 79.9. The number of hydrogen-bond acceptors (Lipinski definition) is 3. The van der Waals surface area contributed by atoms with Crippen LogP contribution in [0.4, 0.5) is 0 Å². The summed E-state index contributed by atoms with van der Waals surface area (Å²) in [6.45, 7) is 1.04. The van der Waals surface area contributed by atoms with Crippen molar-refractivity contribution in [2.45, 2.75) is 12.5 Å². The van der Waals surface area contributed by atoms with Crippen LogP contribution >= 0.6 is 15.9 Å². The first-order valence-corrected chi connectivity index (χ1v) is 5.85. The Bertz CT molecular complexity index is 413. The molecule has 0 saturated carbocycles. The minimum Gasteiger partial charge on any atom is -0.450 e. The van der Waals surface area contributed by atoms with E-state index in [0.717, 1.165) is 0 Å². The van der Waals surface area contributed by atoms with Gasteiger partial charge in [-0.25, -0.2) is 0 Å². The number of aliphatic hydroxyl groups excluding tert-OH is 1. The summed E-state index contributed by atoms with van der Waals surface area (Å²) in [6.07, 6.45) is 3.36. The standard InChI is InChI=1S/C11H12BrNO3/c12-10-3-1-9(16-10)2-4-11(15)13-6-5-8(14)7-13/h1-4,8,14H,5-7H2/t8-/m0/s1. The van der Waals surface area contributed by atoms with E-state index in [9.17, 15) is 9.90 Å². The van der Waals surface area contributed by atoms with Crippen LogP contribution < -0.4 is 0 Å². The third-order valence-corrected chi connectivity index (χ3v) is 2.89. The van der Waals surface area contributed by atoms with E-state index in [1.807, 2.05) is 0 Å². The van der Waals surface area contributed by atoms with Crippen LogP contribution in [-0.4, -0.2) is 35.1 Å². The van der Waals surface area contributed by atoms with Crippen LogP contribution in [0.25, 0.3) is 6.08 Å². The minimum atomic E-state index is -0.380. The largest absolute Gasteiger partial charge is 0.450 e. The van der Waals surface area contributed by atoms with Crippen molar-refractivity contribution in [3.8, 4) is 0 Å². The van der Waals surface area contributed by atoms with E-state index in [2.05, 4.69) is 15.9 Å². The van der Waals surface area contributed by atoms with Crippen LogP contribution in [0.15, 0.2) is 27.3 Å². The molecule has 0 radical (unpaired) electrons. The zero-order valence-corrected chi connectivity index (χ0v) is 10.2. The van der Waals surface area contributed by atoms with E-state index in [1.54, 1.807) is 23.1 Å². The van der Waals surface area contributed by atoms with Crippen LogP contribution in [0.5, 0.6) is 0 Å². The summed E-state index contributed by atoms with van der Waals surface area (Å²) in [4.78, 5) is 13.3. The molecule has 2 heterocycles. The number of furan rings is 1. The van der Waals surface area contributed by atoms with Gasteiger partial charge in [0.05, 0.1) is 6.10 Å². The molecule has 1 N–H and O–H groups in total. The molecule has 0 aromatic carbocycles. The molecule has 1 aliphatic rings. The van der Waals surface area contributed by atoms with Gasteiger partial charge in [-0.05, 0) is 40.6 Å². The maximum absolute atomic E-state index is 11.6. The highest BCUT2D eigenvalue weighted by Gasteiger charge is 2.22. The van der Waals surface area contributed by atoms with E-state index in [-0.39, 0.29) is 12.0 Å². The van der Waals surface area contributed by atoms with Crippen molar-refractivity contribution >= 4 is 27.9 Å². The number of nitrogens with zero attached hydrogens (tertiary/aromatic N) is 1. The van der Waals surface area contributed by atoms with Gasteiger partial charge in [0.25, 0.3) is 0 Å². The van der Waals surface area contributed by atoms with Gasteiger partial charge in [-0.2, -0.15) is 0 Å². The molecule has 5 heteroatoms. The zero-order chi connectivity index (χ0) is 11.5. The molecule has 0 spiro atoms. The summed E-state index contributed by atoms with van der Waals surface area (Å²) in [5.41, 5.74) is 0. The van der Waals surface area contributed by atoms with Gasteiger partial charge in [0.15, 0.2) is 4.67 Å². The Morgan fingerprint density at radius 1 is 1.62 bits per heavy atom. The number of rotatable bonds is 2. The van der Waals surface area contributed by atoms with Gasteiger partial charge in [0.1, 0.15) is 5.76 Å². The second kappa shape index (κ2) is 4.84. The Morgan fingerprint density at radius 2 is 2.44 bits per heavy atom. The maximum Gasteiger partial charge on any atom is 0.246 e. The maximum atomic E-state index is 11.6. The Labute approximate surface area is 102 Å². The zero-order valence-electron chi connectivity index (χ0n) is 8.60. The lowest BCUT2D eigenvalue weighted by Gasteiger charge is -2.11. The monoisotopic (exact) mass is 285 g/mol. The molecule has 0 bridgehead atoms. The molecule has 1 atom stereocenters. The fraction of sp³-hybridized carbons (Fsp3) is 0.364. The van der Waals surface area contributed by atoms with Gasteiger partial charge in [0, 0.05) is 19.2 Å². The predicted molar refractivity (Wildman–Crippen MR) is 62.6 cm³/mol. The molecule has 1 fully saturated rings. The Hall–Kier alpha value is -1.07. The molecule has 16 heavy (non-hydrogen) atoms. The number of amides is 1. The lowest BCUT2D eigenvalue weighted by Crippen LogP contribution is -2.27. The van der Waals surface area contributed by atoms with Crippen LogP contribution in [0.2, 0.25) is 0 Å². The average molecular weight is 286 g/mol. The van der Waals surface area contributed by atoms with Gasteiger partial charge in [0.2, 0.25) is 5.91 Å². The van der Waals surface area contributed by atoms with Crippen molar-refractivity contribution in [3.63, 3.8) is 0 Å². The average Bonchev–Trinajstić information content (AvgIpc) is 2.84. The third-order valence-electron chi connectivity index (χ3n) is 2.46. The first-order valence-electron chi connectivity index (χ1n) is 5.05. The van der Waals surface area contributed by atoms with Crippen molar-refractivity contribution < 1.29 is 14.3 Å². The molecule has 1 amide bonds. The van der Waals surface area contributed by atoms with Gasteiger partial charge in [-0.3, -0.25) is 4.79 Å². The summed E-state index contributed by atoms with van der Waals surface area (Å²) >= 11 is 3.18. The van der Waals surface area contributed by atoms with E-state index < -0.39 is 0 Å². The van der Waals surface area contributed by atoms with Gasteiger partial charge < -0.3 is 14.4 Å². The molecular weight excluding hydrogens is 274 g/mol. The lowest BCUT2D eigenvalue weighted by atomic mass is 10.3. The second-order valence-corrected chi connectivity index (χ2v) is 4.48. The van der Waals surface area contributed by atoms with E-state index in [1.165, 1.54) is 6.08 Å². The Balaban J connectivity index is 1.94. The summed E-state index contributed by atoms with van der Waals surface area (Å²) in [6, 6.07) is 3.54. The quantitative estimate of drug-likeness (QED) is 0.841. The molecule has 1 aliphatic heterocycles. The highest BCUT2D eigenvalue weighted by Crippen LogP contribution is 2.15. The van der Waals surface area contributed by atoms with Crippen molar-refractivity contribution in [2.24, 2.45) is 0 Å². The number of carbonyl (C=O) groups excluding carboxylic acids is 1. The minimum absolute atomic E-state index is 0.0935. The molecule has 4 nitrogen and oxygen atoms in total. The first kappa shape index (κ1) is 11.4. The highest BCUT2D eigenvalue weighted by molar-refractivity contribution is 9.10. The second-order valence-electron chi connectivity index (χ2n) is 3.70. The number of carbonyl (C=O) groups is 1. The lowest BCUT2D eigenvalue weighted by molar-refractivity contribution is -0.125. The number of hydrogen-bond donors (Lipinski definition) is 1. The molecule has 86 valence electrons. The summed E-state index contributed by atoms with van der Waals surface area (Å²) in [7, 11) is 0. The van der Waals surface area contributed by atoms with Crippen LogP contribution in [-0.2, 0) is 4.79 Å². The third kappa shape index (κ3) is 2.74. The number of halogens is 1. The van der Waals surface area contributed by atoms with Crippen LogP contribution in [0, 0.1) is 0 Å². The molecule has 1 aromatic rings. The van der Waals surface area contributed by atoms with Crippen LogP contribution in [0.1, 0.15) is 12.2 Å². The molecule has 0 unspecified atom stereocenters. The van der Waals surface area contributed by atoms with Crippen LogP contribution in [0.3, 0.4) is 0 Å². The topological polar surface area (TPSA) is 53.7 Å². The molecule has 1 saturated heterocycles. The number of β-amino-alcohol motifs (C(OH)–C–C–N with tert-alkyl or cyclic N) is 1. The van der Waals surface area contributed by atoms with Crippen molar-refractivity contribution in [2.75, 3.05) is 13.1 Å². The fourth-order valence-electron chi connectivity index (χ4n) is 1.62.